The normalized spacial score (nSPS) is 30.7. The van der Waals surface area contributed by atoms with E-state index in [1.807, 2.05) is 0 Å². The van der Waals surface area contributed by atoms with Crippen molar-refractivity contribution < 1.29 is 41.0 Å². The molecule has 9 heteroatoms. The van der Waals surface area contributed by atoms with Crippen molar-refractivity contribution in [3.05, 3.63) is 12.2 Å². The minimum Gasteiger partial charge on any atom is -0.459 e. The van der Waals surface area contributed by atoms with E-state index in [1.165, 1.54) is 6.92 Å². The van der Waals surface area contributed by atoms with E-state index in [0.717, 1.165) is 0 Å². The zero-order chi connectivity index (χ0) is 19.2. The molecule has 4 unspecified atom stereocenters. The summed E-state index contributed by atoms with van der Waals surface area (Å²) in [5, 5.41) is 9.88. The van der Waals surface area contributed by atoms with Gasteiger partial charge >= 0.3 is 18.3 Å². The number of hydrogen-bond acceptors (Lipinski definition) is 3. The molecule has 0 aromatic rings. The molecule has 3 nitrogen and oxygen atoms in total. The smallest absolute Gasteiger partial charge is 0.426 e. The van der Waals surface area contributed by atoms with Gasteiger partial charge in [-0.1, -0.05) is 25.8 Å². The SMILES string of the molecule is C=C(C)C(=O)OC1CC2CCCCC2C1C(O)(C(F)(F)F)C(F)(F)F. The summed E-state index contributed by atoms with van der Waals surface area (Å²) >= 11 is 0. The van der Waals surface area contributed by atoms with E-state index in [1.54, 1.807) is 0 Å². The van der Waals surface area contributed by atoms with Gasteiger partial charge in [-0.05, 0) is 31.6 Å². The predicted octanol–water partition coefficient (Wildman–Crippen LogP) is 4.16. The monoisotopic (exact) mass is 374 g/mol. The minimum atomic E-state index is -5.93. The van der Waals surface area contributed by atoms with E-state index >= 15 is 0 Å². The van der Waals surface area contributed by atoms with E-state index in [4.69, 9.17) is 4.74 Å². The molecule has 0 amide bonds. The topological polar surface area (TPSA) is 46.5 Å². The van der Waals surface area contributed by atoms with Crippen LogP contribution in [0.4, 0.5) is 26.3 Å². The Kier molecular flexibility index (Phi) is 5.20. The molecule has 0 spiro atoms. The van der Waals surface area contributed by atoms with Crippen LogP contribution in [0.25, 0.3) is 0 Å². The molecule has 2 fully saturated rings. The Morgan fingerprint density at radius 3 is 2.08 bits per heavy atom. The number of halogens is 6. The van der Waals surface area contributed by atoms with Gasteiger partial charge in [0.2, 0.25) is 0 Å². The van der Waals surface area contributed by atoms with Crippen LogP contribution in [0.1, 0.15) is 39.0 Å². The minimum absolute atomic E-state index is 0.122. The van der Waals surface area contributed by atoms with Gasteiger partial charge in [0.1, 0.15) is 6.10 Å². The number of alkyl halides is 6. The van der Waals surface area contributed by atoms with E-state index in [2.05, 4.69) is 6.58 Å². The first-order valence-corrected chi connectivity index (χ1v) is 8.03. The number of hydrogen-bond donors (Lipinski definition) is 1. The highest BCUT2D eigenvalue weighted by Crippen LogP contribution is 2.59. The zero-order valence-corrected chi connectivity index (χ0v) is 13.6. The number of esters is 1. The molecule has 2 aliphatic carbocycles. The van der Waals surface area contributed by atoms with Gasteiger partial charge < -0.3 is 9.84 Å². The fourth-order valence-corrected chi connectivity index (χ4v) is 4.20. The summed E-state index contributed by atoms with van der Waals surface area (Å²) in [5.41, 5.74) is -5.05. The Hall–Kier alpha value is -1.25. The van der Waals surface area contributed by atoms with Crippen molar-refractivity contribution >= 4 is 5.97 Å². The molecular formula is C16H20F6O3. The van der Waals surface area contributed by atoms with Gasteiger partial charge in [-0.2, -0.15) is 26.3 Å². The number of carbonyl (C=O) groups is 1. The Morgan fingerprint density at radius 1 is 1.08 bits per heavy atom. The van der Waals surface area contributed by atoms with Crippen LogP contribution in [0.2, 0.25) is 0 Å². The summed E-state index contributed by atoms with van der Waals surface area (Å²) in [6.07, 6.45) is -11.9. The molecule has 1 N–H and O–H groups in total. The van der Waals surface area contributed by atoms with Crippen molar-refractivity contribution in [3.8, 4) is 0 Å². The average molecular weight is 374 g/mol. The number of rotatable bonds is 3. The number of aliphatic hydroxyl groups is 1. The second-order valence-corrected chi connectivity index (χ2v) is 6.96. The summed E-state index contributed by atoms with van der Waals surface area (Å²) < 4.78 is 85.0. The van der Waals surface area contributed by atoms with Gasteiger partial charge in [-0.3, -0.25) is 0 Å². The van der Waals surface area contributed by atoms with Gasteiger partial charge in [0.05, 0.1) is 0 Å². The van der Waals surface area contributed by atoms with Crippen LogP contribution in [-0.2, 0) is 9.53 Å². The highest BCUT2D eigenvalue weighted by atomic mass is 19.4. The van der Waals surface area contributed by atoms with Crippen LogP contribution < -0.4 is 0 Å². The molecule has 0 aromatic heterocycles. The molecule has 4 atom stereocenters. The van der Waals surface area contributed by atoms with Crippen LogP contribution in [0.3, 0.4) is 0 Å². The Bertz CT molecular complexity index is 525. The third kappa shape index (κ3) is 3.39. The van der Waals surface area contributed by atoms with Crippen molar-refractivity contribution in [2.24, 2.45) is 17.8 Å². The lowest BCUT2D eigenvalue weighted by molar-refractivity contribution is -0.393. The molecule has 2 saturated carbocycles. The molecule has 25 heavy (non-hydrogen) atoms. The standard InChI is InChI=1S/C16H20F6O3/c1-8(2)13(23)25-11-7-9-5-3-4-6-10(9)12(11)14(24,15(17,18)19)16(20,21)22/h9-12,24H,1,3-7H2,2H3. The highest BCUT2D eigenvalue weighted by molar-refractivity contribution is 5.87. The number of fused-ring (bicyclic) bond motifs is 1. The first kappa shape index (κ1) is 20.1. The molecule has 2 aliphatic rings. The van der Waals surface area contributed by atoms with E-state index in [0.29, 0.717) is 19.3 Å². The lowest BCUT2D eigenvalue weighted by atomic mass is 9.71. The largest absolute Gasteiger partial charge is 0.459 e. The van der Waals surface area contributed by atoms with Crippen LogP contribution in [0.5, 0.6) is 0 Å². The number of ether oxygens (including phenoxy) is 1. The fourth-order valence-electron chi connectivity index (χ4n) is 4.20. The van der Waals surface area contributed by atoms with Crippen molar-refractivity contribution in [2.75, 3.05) is 0 Å². The summed E-state index contributed by atoms with van der Waals surface area (Å²) in [7, 11) is 0. The van der Waals surface area contributed by atoms with Crippen LogP contribution in [0, 0.1) is 17.8 Å². The quantitative estimate of drug-likeness (QED) is 0.459. The summed E-state index contributed by atoms with van der Waals surface area (Å²) in [6.45, 7) is 4.54. The van der Waals surface area contributed by atoms with Gasteiger partial charge in [-0.25, -0.2) is 4.79 Å². The number of carbonyl (C=O) groups excluding carboxylic acids is 1. The molecular weight excluding hydrogens is 354 g/mol. The van der Waals surface area contributed by atoms with Crippen molar-refractivity contribution in [1.29, 1.82) is 0 Å². The van der Waals surface area contributed by atoms with E-state index < -0.39 is 47.8 Å². The lowest BCUT2D eigenvalue weighted by Crippen LogP contribution is -2.65. The molecule has 0 radical (unpaired) electrons. The first-order valence-electron chi connectivity index (χ1n) is 8.03. The average Bonchev–Trinajstić information content (AvgIpc) is 2.81. The third-order valence-electron chi connectivity index (χ3n) is 5.32. The maximum Gasteiger partial charge on any atom is 0.426 e. The van der Waals surface area contributed by atoms with Crippen LogP contribution in [0.15, 0.2) is 12.2 Å². The predicted molar refractivity (Wildman–Crippen MR) is 75.3 cm³/mol. The third-order valence-corrected chi connectivity index (χ3v) is 5.32. The molecule has 2 rings (SSSR count). The van der Waals surface area contributed by atoms with Crippen LogP contribution >= 0.6 is 0 Å². The molecule has 0 aromatic carbocycles. The summed E-state index contributed by atoms with van der Waals surface area (Å²) in [6, 6.07) is 0. The summed E-state index contributed by atoms with van der Waals surface area (Å²) in [5.74, 6) is -4.79. The van der Waals surface area contributed by atoms with Crippen molar-refractivity contribution in [1.82, 2.24) is 0 Å². The highest BCUT2D eigenvalue weighted by Gasteiger charge is 2.77. The van der Waals surface area contributed by atoms with Gasteiger partial charge in [-0.15, -0.1) is 0 Å². The van der Waals surface area contributed by atoms with E-state index in [9.17, 15) is 36.2 Å². The Labute approximate surface area is 141 Å². The van der Waals surface area contributed by atoms with E-state index in [-0.39, 0.29) is 18.4 Å². The second-order valence-electron chi connectivity index (χ2n) is 6.96. The lowest BCUT2D eigenvalue weighted by Gasteiger charge is -2.42. The van der Waals surface area contributed by atoms with Crippen molar-refractivity contribution in [2.45, 2.75) is 63.1 Å². The van der Waals surface area contributed by atoms with Crippen molar-refractivity contribution in [3.63, 3.8) is 0 Å². The van der Waals surface area contributed by atoms with Gasteiger partial charge in [0, 0.05) is 11.5 Å². The molecule has 144 valence electrons. The maximum absolute atomic E-state index is 13.4. The zero-order valence-electron chi connectivity index (χ0n) is 13.6. The Morgan fingerprint density at radius 2 is 1.60 bits per heavy atom. The maximum atomic E-state index is 13.4. The van der Waals surface area contributed by atoms with Gasteiger partial charge in [0.15, 0.2) is 0 Å². The second kappa shape index (κ2) is 6.48. The summed E-state index contributed by atoms with van der Waals surface area (Å²) in [4.78, 5) is 11.7. The van der Waals surface area contributed by atoms with Gasteiger partial charge in [0.25, 0.3) is 5.60 Å². The molecule has 0 heterocycles. The first-order chi connectivity index (χ1) is 11.3. The Balaban J connectivity index is 2.49. The fraction of sp³-hybridized carbons (Fsp3) is 0.812. The molecule has 0 aliphatic heterocycles. The van der Waals surface area contributed by atoms with Crippen LogP contribution in [-0.4, -0.2) is 35.1 Å². The molecule has 0 bridgehead atoms. The molecule has 0 saturated heterocycles.